The number of ether oxygens (including phenoxy) is 2. The van der Waals surface area contributed by atoms with Crippen molar-refractivity contribution in [3.8, 4) is 5.75 Å². The number of carbonyl (C=O) groups excluding carboxylic acids is 2. The average molecular weight is 335 g/mol. The minimum atomic E-state index is -3.07. The first-order chi connectivity index (χ1) is 11.5. The second-order valence-electron chi connectivity index (χ2n) is 4.87. The molecule has 0 radical (unpaired) electrons. The largest absolute Gasteiger partial charge is 0.452 e. The van der Waals surface area contributed by atoms with Crippen LogP contribution in [0.3, 0.4) is 0 Å². The fourth-order valence-electron chi connectivity index (χ4n) is 1.96. The molecule has 0 aliphatic rings. The van der Waals surface area contributed by atoms with Crippen LogP contribution in [0.2, 0.25) is 0 Å². The molecular weight excluding hydrogens is 320 g/mol. The van der Waals surface area contributed by atoms with Crippen LogP contribution in [0, 0.1) is 6.92 Å². The first kappa shape index (κ1) is 17.4. The number of rotatable bonds is 6. The normalized spacial score (nSPS) is 10.3. The summed E-state index contributed by atoms with van der Waals surface area (Å²) in [7, 11) is 0. The Hall–Kier alpha value is -2.96. The van der Waals surface area contributed by atoms with Gasteiger partial charge in [0, 0.05) is 5.69 Å². The van der Waals surface area contributed by atoms with Crippen LogP contribution in [-0.2, 0) is 9.53 Å². The van der Waals surface area contributed by atoms with Crippen LogP contribution in [0.1, 0.15) is 15.9 Å². The van der Waals surface area contributed by atoms with Gasteiger partial charge < -0.3 is 14.8 Å². The fraction of sp³-hybridized carbons (Fsp3) is 0.176. The van der Waals surface area contributed by atoms with Gasteiger partial charge in [-0.15, -0.1) is 0 Å². The molecule has 2 aromatic carbocycles. The molecule has 0 aromatic heterocycles. The van der Waals surface area contributed by atoms with E-state index in [4.69, 9.17) is 4.74 Å². The molecule has 0 unspecified atom stereocenters. The number of hydrogen-bond acceptors (Lipinski definition) is 4. The van der Waals surface area contributed by atoms with Crippen molar-refractivity contribution in [1.82, 2.24) is 0 Å². The molecule has 0 saturated heterocycles. The number of carbonyl (C=O) groups is 2. The first-order valence-electron chi connectivity index (χ1n) is 7.03. The van der Waals surface area contributed by atoms with Crippen molar-refractivity contribution in [3.63, 3.8) is 0 Å². The maximum atomic E-state index is 12.3. The highest BCUT2D eigenvalue weighted by Crippen LogP contribution is 2.21. The summed E-state index contributed by atoms with van der Waals surface area (Å²) in [6.07, 6.45) is 0. The molecule has 0 fully saturated rings. The lowest BCUT2D eigenvalue weighted by Gasteiger charge is -2.10. The van der Waals surface area contributed by atoms with E-state index in [0.717, 1.165) is 5.56 Å². The van der Waals surface area contributed by atoms with E-state index >= 15 is 0 Å². The number of alkyl halides is 2. The third kappa shape index (κ3) is 5.05. The number of para-hydroxylation sites is 1. The number of amides is 1. The number of halogens is 2. The SMILES string of the molecule is Cc1cccc(NC(=O)COC(=O)c2ccccc2OC(F)F)c1. The zero-order chi connectivity index (χ0) is 17.5. The van der Waals surface area contributed by atoms with E-state index in [-0.39, 0.29) is 11.3 Å². The van der Waals surface area contributed by atoms with Crippen molar-refractivity contribution in [2.75, 3.05) is 11.9 Å². The predicted octanol–water partition coefficient (Wildman–Crippen LogP) is 3.39. The van der Waals surface area contributed by atoms with E-state index in [9.17, 15) is 18.4 Å². The monoisotopic (exact) mass is 335 g/mol. The number of hydrogen-bond donors (Lipinski definition) is 1. The molecule has 24 heavy (non-hydrogen) atoms. The van der Waals surface area contributed by atoms with Crippen molar-refractivity contribution in [1.29, 1.82) is 0 Å². The van der Waals surface area contributed by atoms with Gasteiger partial charge in [-0.3, -0.25) is 4.79 Å². The maximum Gasteiger partial charge on any atom is 0.387 e. The summed E-state index contributed by atoms with van der Waals surface area (Å²) >= 11 is 0. The lowest BCUT2D eigenvalue weighted by molar-refractivity contribution is -0.119. The van der Waals surface area contributed by atoms with Gasteiger partial charge in [0.2, 0.25) is 0 Å². The molecule has 1 N–H and O–H groups in total. The maximum absolute atomic E-state index is 12.3. The van der Waals surface area contributed by atoms with E-state index in [2.05, 4.69) is 10.1 Å². The molecule has 5 nitrogen and oxygen atoms in total. The number of esters is 1. The molecule has 126 valence electrons. The molecule has 0 aliphatic heterocycles. The third-order valence-electron chi connectivity index (χ3n) is 2.96. The smallest absolute Gasteiger partial charge is 0.387 e. The summed E-state index contributed by atoms with van der Waals surface area (Å²) in [4.78, 5) is 23.7. The molecule has 2 rings (SSSR count). The van der Waals surface area contributed by atoms with Gasteiger partial charge in [-0.1, -0.05) is 24.3 Å². The highest BCUT2D eigenvalue weighted by molar-refractivity contribution is 5.96. The summed E-state index contributed by atoms with van der Waals surface area (Å²) in [5.74, 6) is -1.77. The second-order valence-corrected chi connectivity index (χ2v) is 4.87. The van der Waals surface area contributed by atoms with Crippen LogP contribution < -0.4 is 10.1 Å². The van der Waals surface area contributed by atoms with Crippen molar-refractivity contribution in [2.45, 2.75) is 13.5 Å². The summed E-state index contributed by atoms with van der Waals surface area (Å²) in [5.41, 5.74) is 1.35. The van der Waals surface area contributed by atoms with Gasteiger partial charge in [0.25, 0.3) is 5.91 Å². The van der Waals surface area contributed by atoms with Gasteiger partial charge in [0.1, 0.15) is 11.3 Å². The Morgan fingerprint density at radius 1 is 1.12 bits per heavy atom. The van der Waals surface area contributed by atoms with Gasteiger partial charge in [0.05, 0.1) is 0 Å². The Morgan fingerprint density at radius 3 is 2.58 bits per heavy atom. The lowest BCUT2D eigenvalue weighted by Crippen LogP contribution is -2.21. The van der Waals surface area contributed by atoms with Gasteiger partial charge >= 0.3 is 12.6 Å². The average Bonchev–Trinajstić information content (AvgIpc) is 2.52. The lowest BCUT2D eigenvalue weighted by atomic mass is 10.2. The molecule has 2 aromatic rings. The van der Waals surface area contributed by atoms with E-state index in [1.54, 1.807) is 18.2 Å². The van der Waals surface area contributed by atoms with E-state index in [1.807, 2.05) is 13.0 Å². The molecule has 7 heteroatoms. The molecular formula is C17H15F2NO4. The Labute approximate surface area is 137 Å². The summed E-state index contributed by atoms with van der Waals surface area (Å²) in [6.45, 7) is -1.74. The predicted molar refractivity (Wildman–Crippen MR) is 83.2 cm³/mol. The van der Waals surface area contributed by atoms with Crippen LogP contribution in [0.4, 0.5) is 14.5 Å². The van der Waals surface area contributed by atoms with Crippen molar-refractivity contribution >= 4 is 17.6 Å². The zero-order valence-electron chi connectivity index (χ0n) is 12.8. The molecule has 0 heterocycles. The molecule has 0 bridgehead atoms. The standard InChI is InChI=1S/C17H15F2NO4/c1-11-5-4-6-12(9-11)20-15(21)10-23-16(22)13-7-2-3-8-14(13)24-17(18)19/h2-9,17H,10H2,1H3,(H,20,21). The number of nitrogens with one attached hydrogen (secondary N) is 1. The van der Waals surface area contributed by atoms with Gasteiger partial charge in [-0.2, -0.15) is 8.78 Å². The van der Waals surface area contributed by atoms with Crippen LogP contribution in [0.5, 0.6) is 5.75 Å². The first-order valence-corrected chi connectivity index (χ1v) is 7.03. The Morgan fingerprint density at radius 2 is 1.88 bits per heavy atom. The van der Waals surface area contributed by atoms with E-state index in [1.165, 1.54) is 24.3 Å². The van der Waals surface area contributed by atoms with Crippen molar-refractivity contribution in [3.05, 3.63) is 59.7 Å². The van der Waals surface area contributed by atoms with Gasteiger partial charge in [-0.05, 0) is 36.8 Å². The van der Waals surface area contributed by atoms with Gasteiger partial charge in [0.15, 0.2) is 6.61 Å². The second kappa shape index (κ2) is 8.05. The van der Waals surface area contributed by atoms with E-state index < -0.39 is 25.1 Å². The Kier molecular flexibility index (Phi) is 5.83. The van der Waals surface area contributed by atoms with Gasteiger partial charge in [-0.25, -0.2) is 4.79 Å². The van der Waals surface area contributed by atoms with Crippen LogP contribution in [-0.4, -0.2) is 25.1 Å². The molecule has 0 atom stereocenters. The molecule has 0 spiro atoms. The quantitative estimate of drug-likeness (QED) is 0.822. The molecule has 0 saturated carbocycles. The highest BCUT2D eigenvalue weighted by Gasteiger charge is 2.17. The number of anilines is 1. The van der Waals surface area contributed by atoms with Crippen molar-refractivity contribution in [2.24, 2.45) is 0 Å². The van der Waals surface area contributed by atoms with E-state index in [0.29, 0.717) is 5.69 Å². The topological polar surface area (TPSA) is 64.6 Å². The summed E-state index contributed by atoms with van der Waals surface area (Å²) in [5, 5.41) is 2.57. The molecule has 1 amide bonds. The highest BCUT2D eigenvalue weighted by atomic mass is 19.3. The summed E-state index contributed by atoms with van der Waals surface area (Å²) < 4.78 is 33.7. The molecule has 0 aliphatic carbocycles. The van der Waals surface area contributed by atoms with Crippen LogP contribution in [0.25, 0.3) is 0 Å². The zero-order valence-corrected chi connectivity index (χ0v) is 12.8. The minimum absolute atomic E-state index is 0.179. The fourth-order valence-corrected chi connectivity index (χ4v) is 1.96. The number of benzene rings is 2. The third-order valence-corrected chi connectivity index (χ3v) is 2.96. The Balaban J connectivity index is 1.94. The Bertz CT molecular complexity index is 734. The van der Waals surface area contributed by atoms with Crippen LogP contribution >= 0.6 is 0 Å². The van der Waals surface area contributed by atoms with Crippen LogP contribution in [0.15, 0.2) is 48.5 Å². The summed E-state index contributed by atoms with van der Waals surface area (Å²) in [6, 6.07) is 12.5. The number of aryl methyl sites for hydroxylation is 1. The minimum Gasteiger partial charge on any atom is -0.452 e. The van der Waals surface area contributed by atoms with Crippen molar-refractivity contribution < 1.29 is 27.8 Å².